The molecule has 0 heterocycles. The highest BCUT2D eigenvalue weighted by Gasteiger charge is 2.13. The molecule has 2 aromatic carbocycles. The van der Waals surface area contributed by atoms with Gasteiger partial charge in [0.25, 0.3) is 0 Å². The number of Topliss-reactive ketones (excluding diaryl/α,β-unsaturated/α-hetero) is 1. The number of halogens is 3. The fraction of sp³-hybridized carbons (Fsp3) is 0.188. The first-order chi connectivity index (χ1) is 10.0. The molecule has 21 heavy (non-hydrogen) atoms. The lowest BCUT2D eigenvalue weighted by molar-refractivity contribution is -0.117. The van der Waals surface area contributed by atoms with E-state index in [0.717, 1.165) is 10.0 Å². The summed E-state index contributed by atoms with van der Waals surface area (Å²) < 4.78 is 19.7. The zero-order chi connectivity index (χ0) is 15.4. The van der Waals surface area contributed by atoms with Crippen molar-refractivity contribution in [2.45, 2.75) is 12.8 Å². The van der Waals surface area contributed by atoms with E-state index >= 15 is 0 Å². The summed E-state index contributed by atoms with van der Waals surface area (Å²) in [5.74, 6) is 0.0530. The van der Waals surface area contributed by atoms with E-state index in [2.05, 4.69) is 15.9 Å². The zero-order valence-corrected chi connectivity index (χ0v) is 13.7. The van der Waals surface area contributed by atoms with Crippen molar-refractivity contribution in [2.75, 3.05) is 7.11 Å². The molecule has 0 amide bonds. The largest absolute Gasteiger partial charge is 0.497 e. The molecule has 0 bridgehead atoms. The molecule has 0 atom stereocenters. The molecule has 2 rings (SSSR count). The SMILES string of the molecule is COc1ccc(Br)c(CC(=O)Cc2cccc(Cl)c2F)c1. The van der Waals surface area contributed by atoms with Crippen LogP contribution in [0.25, 0.3) is 0 Å². The van der Waals surface area contributed by atoms with Crippen LogP contribution in [0, 0.1) is 5.82 Å². The molecular weight excluding hydrogens is 359 g/mol. The Morgan fingerprint density at radius 3 is 2.67 bits per heavy atom. The number of methoxy groups -OCH3 is 1. The van der Waals surface area contributed by atoms with Gasteiger partial charge in [-0.05, 0) is 35.4 Å². The van der Waals surface area contributed by atoms with Crippen LogP contribution in [0.5, 0.6) is 5.75 Å². The van der Waals surface area contributed by atoms with Crippen LogP contribution in [0.3, 0.4) is 0 Å². The quantitative estimate of drug-likeness (QED) is 0.767. The minimum Gasteiger partial charge on any atom is -0.497 e. The summed E-state index contributed by atoms with van der Waals surface area (Å²) in [5.41, 5.74) is 1.12. The first-order valence-electron chi connectivity index (χ1n) is 6.28. The van der Waals surface area contributed by atoms with Gasteiger partial charge in [0.15, 0.2) is 0 Å². The number of hydrogen-bond donors (Lipinski definition) is 0. The zero-order valence-electron chi connectivity index (χ0n) is 11.3. The van der Waals surface area contributed by atoms with Crippen molar-refractivity contribution in [3.8, 4) is 5.75 Å². The first kappa shape index (κ1) is 16.0. The van der Waals surface area contributed by atoms with Crippen molar-refractivity contribution in [1.29, 1.82) is 0 Å². The Morgan fingerprint density at radius 1 is 1.24 bits per heavy atom. The van der Waals surface area contributed by atoms with Crippen LogP contribution in [0.2, 0.25) is 5.02 Å². The highest BCUT2D eigenvalue weighted by atomic mass is 79.9. The molecule has 2 aromatic rings. The van der Waals surface area contributed by atoms with Crippen molar-refractivity contribution in [3.63, 3.8) is 0 Å². The lowest BCUT2D eigenvalue weighted by atomic mass is 10.0. The number of carbonyl (C=O) groups excluding carboxylic acids is 1. The maximum absolute atomic E-state index is 13.8. The summed E-state index contributed by atoms with van der Waals surface area (Å²) in [4.78, 5) is 12.1. The molecule has 0 N–H and O–H groups in total. The maximum Gasteiger partial charge on any atom is 0.145 e. The average molecular weight is 372 g/mol. The van der Waals surface area contributed by atoms with Gasteiger partial charge in [0, 0.05) is 17.3 Å². The van der Waals surface area contributed by atoms with Crippen LogP contribution >= 0.6 is 27.5 Å². The van der Waals surface area contributed by atoms with Crippen LogP contribution in [-0.2, 0) is 17.6 Å². The molecule has 0 spiro atoms. The number of benzene rings is 2. The molecule has 0 aliphatic carbocycles. The summed E-state index contributed by atoms with van der Waals surface area (Å²) >= 11 is 9.11. The van der Waals surface area contributed by atoms with Crippen molar-refractivity contribution >= 4 is 33.3 Å². The third-order valence-corrected chi connectivity index (χ3v) is 4.13. The lowest BCUT2D eigenvalue weighted by Gasteiger charge is -2.08. The van der Waals surface area contributed by atoms with Gasteiger partial charge in [-0.25, -0.2) is 4.39 Å². The van der Waals surface area contributed by atoms with Gasteiger partial charge in [-0.3, -0.25) is 4.79 Å². The Balaban J connectivity index is 2.13. The molecule has 0 fully saturated rings. The van der Waals surface area contributed by atoms with E-state index in [-0.39, 0.29) is 23.6 Å². The van der Waals surface area contributed by atoms with E-state index in [1.165, 1.54) is 6.07 Å². The van der Waals surface area contributed by atoms with Gasteiger partial charge in [-0.1, -0.05) is 39.7 Å². The second-order valence-corrected chi connectivity index (χ2v) is 5.82. The van der Waals surface area contributed by atoms with Crippen LogP contribution < -0.4 is 4.74 Å². The Kier molecular flexibility index (Phi) is 5.37. The minimum atomic E-state index is -0.530. The summed E-state index contributed by atoms with van der Waals surface area (Å²) in [6, 6.07) is 10.1. The highest BCUT2D eigenvalue weighted by Crippen LogP contribution is 2.24. The monoisotopic (exact) mass is 370 g/mol. The normalized spacial score (nSPS) is 10.5. The predicted molar refractivity (Wildman–Crippen MR) is 84.5 cm³/mol. The van der Waals surface area contributed by atoms with E-state index in [9.17, 15) is 9.18 Å². The van der Waals surface area contributed by atoms with Gasteiger partial charge in [0.2, 0.25) is 0 Å². The average Bonchev–Trinajstić information content (AvgIpc) is 2.46. The topological polar surface area (TPSA) is 26.3 Å². The molecule has 5 heteroatoms. The third-order valence-electron chi connectivity index (χ3n) is 3.06. The van der Waals surface area contributed by atoms with Crippen molar-refractivity contribution in [3.05, 3.63) is 62.8 Å². The summed E-state index contributed by atoms with van der Waals surface area (Å²) in [6.07, 6.45) is 0.208. The van der Waals surface area contributed by atoms with Gasteiger partial charge in [0.05, 0.1) is 12.1 Å². The maximum atomic E-state index is 13.8. The van der Waals surface area contributed by atoms with Crippen molar-refractivity contribution < 1.29 is 13.9 Å². The summed E-state index contributed by atoms with van der Waals surface area (Å²) in [6.45, 7) is 0. The number of carbonyl (C=O) groups is 1. The number of hydrogen-bond acceptors (Lipinski definition) is 2. The van der Waals surface area contributed by atoms with Crippen LogP contribution in [0.4, 0.5) is 4.39 Å². The van der Waals surface area contributed by atoms with E-state index in [0.29, 0.717) is 11.3 Å². The van der Waals surface area contributed by atoms with Gasteiger partial charge < -0.3 is 4.74 Å². The van der Waals surface area contributed by atoms with Crippen molar-refractivity contribution in [2.24, 2.45) is 0 Å². The third kappa shape index (κ3) is 4.05. The van der Waals surface area contributed by atoms with E-state index < -0.39 is 5.82 Å². The predicted octanol–water partition coefficient (Wildman–Crippen LogP) is 4.60. The molecule has 0 aromatic heterocycles. The molecule has 0 unspecified atom stereocenters. The van der Waals surface area contributed by atoms with Gasteiger partial charge >= 0.3 is 0 Å². The lowest BCUT2D eigenvalue weighted by Crippen LogP contribution is -2.08. The molecule has 0 saturated carbocycles. The highest BCUT2D eigenvalue weighted by molar-refractivity contribution is 9.10. The van der Waals surface area contributed by atoms with Gasteiger partial charge in [0.1, 0.15) is 17.3 Å². The van der Waals surface area contributed by atoms with Gasteiger partial charge in [-0.2, -0.15) is 0 Å². The molecule has 110 valence electrons. The molecule has 0 radical (unpaired) electrons. The molecule has 0 aliphatic heterocycles. The second-order valence-electron chi connectivity index (χ2n) is 4.56. The van der Waals surface area contributed by atoms with E-state index in [4.69, 9.17) is 16.3 Å². The molecule has 0 saturated heterocycles. The van der Waals surface area contributed by atoms with Crippen molar-refractivity contribution in [1.82, 2.24) is 0 Å². The number of rotatable bonds is 5. The van der Waals surface area contributed by atoms with Crippen LogP contribution in [0.15, 0.2) is 40.9 Å². The Hall–Kier alpha value is -1.39. The minimum absolute atomic E-state index is 0.00996. The van der Waals surface area contributed by atoms with Gasteiger partial charge in [-0.15, -0.1) is 0 Å². The Bertz CT molecular complexity index is 673. The molecular formula is C16H13BrClFO2. The van der Waals surface area contributed by atoms with E-state index in [1.807, 2.05) is 6.07 Å². The fourth-order valence-corrected chi connectivity index (χ4v) is 2.57. The number of ketones is 1. The molecule has 2 nitrogen and oxygen atoms in total. The number of ether oxygens (including phenoxy) is 1. The Labute approximate surface area is 136 Å². The van der Waals surface area contributed by atoms with Crippen LogP contribution in [0.1, 0.15) is 11.1 Å². The fourth-order valence-electron chi connectivity index (χ4n) is 1.99. The molecule has 0 aliphatic rings. The van der Waals surface area contributed by atoms with E-state index in [1.54, 1.807) is 31.4 Å². The standard InChI is InChI=1S/C16H13BrClFO2/c1-21-13-5-6-14(17)11(9-13)8-12(20)7-10-3-2-4-15(18)16(10)19/h2-6,9H,7-8H2,1H3. The second kappa shape index (κ2) is 7.05. The smallest absolute Gasteiger partial charge is 0.145 e. The van der Waals surface area contributed by atoms with Crippen LogP contribution in [-0.4, -0.2) is 12.9 Å². The summed E-state index contributed by atoms with van der Waals surface area (Å²) in [7, 11) is 1.57. The first-order valence-corrected chi connectivity index (χ1v) is 7.45. The Morgan fingerprint density at radius 2 is 1.95 bits per heavy atom. The summed E-state index contributed by atoms with van der Waals surface area (Å²) in [5, 5.41) is 0.0304.